The van der Waals surface area contributed by atoms with E-state index < -0.39 is 7.82 Å². The summed E-state index contributed by atoms with van der Waals surface area (Å²) in [6, 6.07) is 0. The number of hydrogen-bond acceptors (Lipinski definition) is 3. The fourth-order valence-corrected chi connectivity index (χ4v) is 0.364. The van der Waals surface area contributed by atoms with Crippen molar-refractivity contribution in [3.05, 3.63) is 0 Å². The minimum Gasteiger partial charge on any atom is -0.301 e. The van der Waals surface area contributed by atoms with Crippen LogP contribution in [0.5, 0.6) is 0 Å². The second-order valence-electron chi connectivity index (χ2n) is 0.972. The molecule has 0 saturated heterocycles. The van der Waals surface area contributed by atoms with Crippen LogP contribution in [0.2, 0.25) is 0 Å². The molecule has 0 saturated carbocycles. The van der Waals surface area contributed by atoms with Crippen LogP contribution in [-0.4, -0.2) is 16.4 Å². The Morgan fingerprint density at radius 1 is 1.62 bits per heavy atom. The van der Waals surface area contributed by atoms with Gasteiger partial charge in [-0.25, -0.2) is 9.45 Å². The summed E-state index contributed by atoms with van der Waals surface area (Å²) >= 11 is 0. The average molecular weight is 142 g/mol. The Balaban J connectivity index is 3.26. The Hall–Kier alpha value is 0.0700. The standard InChI is InChI=1S/C2H7O5P/c1-2-6-7-8(3,4)5/h2H2,1H3,(H2,3,4,5). The van der Waals surface area contributed by atoms with E-state index in [9.17, 15) is 4.57 Å². The molecule has 0 aliphatic rings. The van der Waals surface area contributed by atoms with Gasteiger partial charge in [-0.05, 0) is 6.92 Å². The van der Waals surface area contributed by atoms with E-state index in [1.165, 1.54) is 0 Å². The van der Waals surface area contributed by atoms with Gasteiger partial charge in [0.2, 0.25) is 0 Å². The predicted molar refractivity (Wildman–Crippen MR) is 24.8 cm³/mol. The van der Waals surface area contributed by atoms with Crippen LogP contribution in [-0.2, 0) is 14.1 Å². The summed E-state index contributed by atoms with van der Waals surface area (Å²) in [6.07, 6.45) is 0. The van der Waals surface area contributed by atoms with Crippen molar-refractivity contribution < 1.29 is 23.9 Å². The van der Waals surface area contributed by atoms with Crippen LogP contribution in [0.1, 0.15) is 6.92 Å². The molecule has 0 amide bonds. The summed E-state index contributed by atoms with van der Waals surface area (Å²) in [5, 5.41) is 0. The molecule has 0 bridgehead atoms. The zero-order chi connectivity index (χ0) is 6.62. The zero-order valence-corrected chi connectivity index (χ0v) is 5.17. The normalized spacial score (nSPS) is 11.9. The molecule has 0 radical (unpaired) electrons. The van der Waals surface area contributed by atoms with Crippen LogP contribution < -0.4 is 0 Å². The van der Waals surface area contributed by atoms with E-state index in [2.05, 4.69) is 9.56 Å². The summed E-state index contributed by atoms with van der Waals surface area (Å²) in [5.41, 5.74) is 0. The van der Waals surface area contributed by atoms with Crippen molar-refractivity contribution >= 4 is 7.82 Å². The average Bonchev–Trinajstić information content (AvgIpc) is 1.59. The topological polar surface area (TPSA) is 76.0 Å². The second kappa shape index (κ2) is 3.17. The molecular weight excluding hydrogens is 135 g/mol. The van der Waals surface area contributed by atoms with Crippen molar-refractivity contribution in [2.45, 2.75) is 6.92 Å². The first-order valence-electron chi connectivity index (χ1n) is 1.93. The van der Waals surface area contributed by atoms with Crippen molar-refractivity contribution in [1.82, 2.24) is 0 Å². The lowest BCUT2D eigenvalue weighted by Gasteiger charge is -1.99. The number of hydrogen-bond donors (Lipinski definition) is 2. The summed E-state index contributed by atoms with van der Waals surface area (Å²) in [6.45, 7) is 1.67. The van der Waals surface area contributed by atoms with E-state index in [4.69, 9.17) is 9.79 Å². The van der Waals surface area contributed by atoms with Crippen molar-refractivity contribution in [3.8, 4) is 0 Å². The molecule has 0 fully saturated rings. The predicted octanol–water partition coefficient (Wildman–Crippen LogP) is 0.0472. The highest BCUT2D eigenvalue weighted by atomic mass is 31.2. The smallest absolute Gasteiger partial charge is 0.301 e. The van der Waals surface area contributed by atoms with Crippen LogP contribution in [0.4, 0.5) is 0 Å². The Kier molecular flexibility index (Phi) is 3.19. The molecule has 8 heavy (non-hydrogen) atoms. The van der Waals surface area contributed by atoms with Gasteiger partial charge in [-0.15, -0.1) is 4.67 Å². The van der Waals surface area contributed by atoms with Crippen LogP contribution in [0, 0.1) is 0 Å². The van der Waals surface area contributed by atoms with Gasteiger partial charge in [0.05, 0.1) is 6.61 Å². The third kappa shape index (κ3) is 6.07. The quantitative estimate of drug-likeness (QED) is 0.330. The van der Waals surface area contributed by atoms with Gasteiger partial charge in [0.15, 0.2) is 0 Å². The van der Waals surface area contributed by atoms with Gasteiger partial charge >= 0.3 is 7.82 Å². The van der Waals surface area contributed by atoms with Gasteiger partial charge in [0, 0.05) is 0 Å². The van der Waals surface area contributed by atoms with Crippen LogP contribution in [0.15, 0.2) is 0 Å². The summed E-state index contributed by atoms with van der Waals surface area (Å²) in [4.78, 5) is 19.8. The summed E-state index contributed by atoms with van der Waals surface area (Å²) in [7, 11) is -4.40. The van der Waals surface area contributed by atoms with Crippen molar-refractivity contribution in [3.63, 3.8) is 0 Å². The van der Waals surface area contributed by atoms with Gasteiger partial charge < -0.3 is 9.79 Å². The molecular formula is C2H7O5P. The van der Waals surface area contributed by atoms with E-state index >= 15 is 0 Å². The minimum atomic E-state index is -4.40. The highest BCUT2D eigenvalue weighted by molar-refractivity contribution is 7.46. The second-order valence-corrected chi connectivity index (χ2v) is 2.10. The highest BCUT2D eigenvalue weighted by Crippen LogP contribution is 2.35. The van der Waals surface area contributed by atoms with Gasteiger partial charge in [-0.2, -0.15) is 0 Å². The molecule has 0 aromatic carbocycles. The first-order chi connectivity index (χ1) is 3.56. The Morgan fingerprint density at radius 3 is 2.25 bits per heavy atom. The van der Waals surface area contributed by atoms with E-state index in [0.717, 1.165) is 0 Å². The molecule has 0 aromatic heterocycles. The minimum absolute atomic E-state index is 0.116. The molecule has 5 nitrogen and oxygen atoms in total. The molecule has 0 spiro atoms. The molecule has 0 atom stereocenters. The van der Waals surface area contributed by atoms with Gasteiger partial charge in [-0.3, -0.25) is 0 Å². The van der Waals surface area contributed by atoms with E-state index in [-0.39, 0.29) is 6.61 Å². The third-order valence-corrected chi connectivity index (χ3v) is 0.567. The van der Waals surface area contributed by atoms with Gasteiger partial charge in [0.1, 0.15) is 0 Å². The van der Waals surface area contributed by atoms with Crippen molar-refractivity contribution in [1.29, 1.82) is 0 Å². The number of rotatable bonds is 3. The molecule has 0 rings (SSSR count). The first kappa shape index (κ1) is 8.07. The monoisotopic (exact) mass is 142 g/mol. The molecule has 50 valence electrons. The maximum Gasteiger partial charge on any atom is 0.496 e. The summed E-state index contributed by atoms with van der Waals surface area (Å²) in [5.74, 6) is 0. The fraction of sp³-hybridized carbons (Fsp3) is 1.00. The van der Waals surface area contributed by atoms with Crippen molar-refractivity contribution in [2.24, 2.45) is 0 Å². The number of phosphoric acid groups is 1. The Labute approximate surface area is 46.4 Å². The largest absolute Gasteiger partial charge is 0.496 e. The van der Waals surface area contributed by atoms with Crippen LogP contribution >= 0.6 is 7.82 Å². The van der Waals surface area contributed by atoms with Crippen LogP contribution in [0.3, 0.4) is 0 Å². The maximum absolute atomic E-state index is 9.74. The molecule has 0 heterocycles. The first-order valence-corrected chi connectivity index (χ1v) is 3.46. The molecule has 6 heteroatoms. The molecule has 0 aliphatic heterocycles. The molecule has 0 unspecified atom stereocenters. The van der Waals surface area contributed by atoms with E-state index in [1.54, 1.807) is 6.92 Å². The maximum atomic E-state index is 9.74. The summed E-state index contributed by atoms with van der Waals surface area (Å²) < 4.78 is 13.3. The van der Waals surface area contributed by atoms with Gasteiger partial charge in [0.25, 0.3) is 0 Å². The fourth-order valence-electron chi connectivity index (χ4n) is 0.121. The third-order valence-electron chi connectivity index (χ3n) is 0.268. The van der Waals surface area contributed by atoms with Crippen LogP contribution in [0.25, 0.3) is 0 Å². The molecule has 0 aliphatic carbocycles. The Morgan fingerprint density at radius 2 is 2.12 bits per heavy atom. The molecule has 0 aromatic rings. The Bertz CT molecular complexity index is 94.6. The SMILES string of the molecule is CCOOP(=O)(O)O. The highest BCUT2D eigenvalue weighted by Gasteiger charge is 2.13. The molecule has 2 N–H and O–H groups in total. The van der Waals surface area contributed by atoms with E-state index in [0.29, 0.717) is 0 Å². The lowest BCUT2D eigenvalue weighted by atomic mass is 10.9. The lowest BCUT2D eigenvalue weighted by Crippen LogP contribution is -1.89. The zero-order valence-electron chi connectivity index (χ0n) is 4.27. The van der Waals surface area contributed by atoms with Gasteiger partial charge in [-0.1, -0.05) is 0 Å². The van der Waals surface area contributed by atoms with Crippen molar-refractivity contribution in [2.75, 3.05) is 6.61 Å². The lowest BCUT2D eigenvalue weighted by molar-refractivity contribution is -0.217. The van der Waals surface area contributed by atoms with E-state index in [1.807, 2.05) is 0 Å².